The summed E-state index contributed by atoms with van der Waals surface area (Å²) in [5, 5.41) is 7.86. The van der Waals surface area contributed by atoms with Crippen LogP contribution in [0.5, 0.6) is 0 Å². The minimum Gasteiger partial charge on any atom is -0.343 e. The molecule has 2 atom stereocenters. The van der Waals surface area contributed by atoms with Crippen LogP contribution in [0.2, 0.25) is 0 Å². The summed E-state index contributed by atoms with van der Waals surface area (Å²) in [4.78, 5) is 33.7. The van der Waals surface area contributed by atoms with Crippen molar-refractivity contribution in [3.63, 3.8) is 0 Å². The average molecular weight is 403 g/mol. The zero-order valence-corrected chi connectivity index (χ0v) is 17.6. The number of fused-ring (bicyclic) bond motifs is 4. The summed E-state index contributed by atoms with van der Waals surface area (Å²) in [6.07, 6.45) is 3.51. The molecule has 0 saturated carbocycles. The molecule has 0 bridgehead atoms. The molecular weight excluding hydrogens is 378 g/mol. The molecule has 2 aliphatic rings. The van der Waals surface area contributed by atoms with Gasteiger partial charge in [-0.05, 0) is 29.9 Å². The number of benzene rings is 1. The Hall–Kier alpha value is -3.22. The maximum atomic E-state index is 13.3. The van der Waals surface area contributed by atoms with E-state index in [1.54, 1.807) is 11.4 Å². The third-order valence-electron chi connectivity index (χ3n) is 6.16. The molecule has 2 N–H and O–H groups in total. The minimum absolute atomic E-state index is 0.148. The summed E-state index contributed by atoms with van der Waals surface area (Å²) < 4.78 is 1.64. The van der Waals surface area contributed by atoms with E-state index in [2.05, 4.69) is 59.4 Å². The van der Waals surface area contributed by atoms with Crippen LogP contribution in [0.4, 0.5) is 5.82 Å². The molecule has 0 fully saturated rings. The number of ketones is 1. The minimum atomic E-state index is -0.416. The van der Waals surface area contributed by atoms with Gasteiger partial charge in [0, 0.05) is 18.0 Å². The van der Waals surface area contributed by atoms with Gasteiger partial charge in [-0.2, -0.15) is 9.50 Å². The second-order valence-corrected chi connectivity index (χ2v) is 9.02. The van der Waals surface area contributed by atoms with Gasteiger partial charge in [0.05, 0.1) is 11.5 Å². The second-order valence-electron chi connectivity index (χ2n) is 9.02. The number of aryl methyl sites for hydroxylation is 2. The topological polar surface area (TPSA) is 92.2 Å². The van der Waals surface area contributed by atoms with Gasteiger partial charge in [-0.25, -0.2) is 0 Å². The van der Waals surface area contributed by atoms with Gasteiger partial charge >= 0.3 is 0 Å². The second kappa shape index (κ2) is 6.39. The highest BCUT2D eigenvalue weighted by Gasteiger charge is 2.45. The number of anilines is 1. The first kappa shape index (κ1) is 18.8. The number of H-pyrrole nitrogens is 1. The number of rotatable bonds is 2. The van der Waals surface area contributed by atoms with Crippen LogP contribution in [-0.2, 0) is 11.2 Å². The molecule has 0 radical (unpaired) electrons. The number of Topliss-reactive ketones (excluding diaryl/α,β-unsaturated/α-hetero) is 1. The van der Waals surface area contributed by atoms with Gasteiger partial charge < -0.3 is 5.32 Å². The quantitative estimate of drug-likeness (QED) is 0.685. The lowest BCUT2D eigenvalue weighted by molar-refractivity contribution is -0.124. The van der Waals surface area contributed by atoms with Crippen molar-refractivity contribution >= 4 is 17.4 Å². The zero-order chi connectivity index (χ0) is 21.2. The largest absolute Gasteiger partial charge is 0.343 e. The molecule has 0 unspecified atom stereocenters. The lowest BCUT2D eigenvalue weighted by atomic mass is 9.67. The number of aromatic nitrogens is 4. The molecule has 2 aromatic heterocycles. The zero-order valence-electron chi connectivity index (χ0n) is 17.6. The van der Waals surface area contributed by atoms with E-state index < -0.39 is 5.92 Å². The van der Waals surface area contributed by atoms with Gasteiger partial charge in [0.2, 0.25) is 5.78 Å². The Morgan fingerprint density at radius 3 is 2.60 bits per heavy atom. The normalized spacial score (nSPS) is 22.3. The van der Waals surface area contributed by atoms with Crippen molar-refractivity contribution in [2.75, 3.05) is 5.32 Å². The van der Waals surface area contributed by atoms with Crippen molar-refractivity contribution in [2.24, 2.45) is 11.3 Å². The maximum Gasteiger partial charge on any atom is 0.258 e. The molecule has 154 valence electrons. The Labute approximate surface area is 174 Å². The number of aromatic amines is 1. The van der Waals surface area contributed by atoms with E-state index in [1.807, 2.05) is 12.1 Å². The fourth-order valence-corrected chi connectivity index (χ4v) is 4.85. The lowest BCUT2D eigenvalue weighted by Crippen LogP contribution is -2.42. The van der Waals surface area contributed by atoms with Gasteiger partial charge in [0.25, 0.3) is 5.56 Å². The van der Waals surface area contributed by atoms with Crippen molar-refractivity contribution in [3.8, 4) is 0 Å². The first-order valence-electron chi connectivity index (χ1n) is 10.4. The third-order valence-corrected chi connectivity index (χ3v) is 6.16. The van der Waals surface area contributed by atoms with Crippen molar-refractivity contribution in [3.05, 3.63) is 68.9 Å². The summed E-state index contributed by atoms with van der Waals surface area (Å²) in [5.74, 6) is 0.910. The third kappa shape index (κ3) is 2.80. The molecule has 7 nitrogen and oxygen atoms in total. The van der Waals surface area contributed by atoms with E-state index >= 15 is 0 Å². The maximum absolute atomic E-state index is 13.3. The van der Waals surface area contributed by atoms with E-state index in [4.69, 9.17) is 0 Å². The van der Waals surface area contributed by atoms with Crippen molar-refractivity contribution in [1.82, 2.24) is 19.6 Å². The number of hydrogen-bond donors (Lipinski definition) is 2. The Bertz CT molecular complexity index is 1260. The summed E-state index contributed by atoms with van der Waals surface area (Å²) in [7, 11) is 0. The number of carbonyl (C=O) groups excluding carboxylic acids is 1. The van der Waals surface area contributed by atoms with Gasteiger partial charge in [-0.15, -0.1) is 5.10 Å². The molecule has 7 heteroatoms. The molecule has 0 amide bonds. The number of hydrogen-bond acceptors (Lipinski definition) is 5. The molecule has 30 heavy (non-hydrogen) atoms. The molecule has 3 heterocycles. The Morgan fingerprint density at radius 2 is 1.90 bits per heavy atom. The van der Waals surface area contributed by atoms with Gasteiger partial charge in [0.15, 0.2) is 0 Å². The van der Waals surface area contributed by atoms with E-state index in [1.165, 1.54) is 5.56 Å². The van der Waals surface area contributed by atoms with E-state index in [9.17, 15) is 9.59 Å². The first-order chi connectivity index (χ1) is 14.3. The number of nitrogens with zero attached hydrogens (tertiary/aromatic N) is 3. The summed E-state index contributed by atoms with van der Waals surface area (Å²) in [6, 6.07) is 8.23. The van der Waals surface area contributed by atoms with Crippen molar-refractivity contribution in [2.45, 2.75) is 46.5 Å². The molecule has 1 aromatic carbocycles. The van der Waals surface area contributed by atoms with Crippen LogP contribution in [0.15, 0.2) is 40.8 Å². The van der Waals surface area contributed by atoms with Crippen LogP contribution in [0.1, 0.15) is 55.6 Å². The number of carbonyl (C=O) groups is 1. The summed E-state index contributed by atoms with van der Waals surface area (Å²) in [6.45, 7) is 8.01. The van der Waals surface area contributed by atoms with Crippen LogP contribution in [-0.4, -0.2) is 25.4 Å². The van der Waals surface area contributed by atoms with Gasteiger partial charge in [-0.3, -0.25) is 14.6 Å². The fourth-order valence-electron chi connectivity index (χ4n) is 4.85. The van der Waals surface area contributed by atoms with Crippen molar-refractivity contribution in [1.29, 1.82) is 0 Å². The van der Waals surface area contributed by atoms with E-state index in [0.717, 1.165) is 17.7 Å². The molecule has 0 saturated heterocycles. The van der Waals surface area contributed by atoms with Crippen LogP contribution < -0.4 is 10.9 Å². The molecule has 0 spiro atoms. The van der Waals surface area contributed by atoms with Crippen LogP contribution in [0.3, 0.4) is 0 Å². The van der Waals surface area contributed by atoms with E-state index in [0.29, 0.717) is 29.4 Å². The van der Waals surface area contributed by atoms with Gasteiger partial charge in [0.1, 0.15) is 17.4 Å². The Kier molecular flexibility index (Phi) is 4.00. The van der Waals surface area contributed by atoms with Crippen LogP contribution in [0, 0.1) is 18.3 Å². The standard InChI is InChI=1S/C23H25N5O2/c1-5-13-6-8-14(9-7-13)17-18-15(10-23(3,4)11-16(18)29)25-20-19(17)21(30)26-22-24-12(2)27-28(20)22/h6-10,17-18,25H,5,11H2,1-4H3,(H,24,26,27,30)/t17-,18-/m1/s1. The molecule has 3 aromatic rings. The molecule has 5 rings (SSSR count). The average Bonchev–Trinajstić information content (AvgIpc) is 3.06. The monoisotopic (exact) mass is 403 g/mol. The van der Waals surface area contributed by atoms with E-state index in [-0.39, 0.29) is 22.7 Å². The first-order valence-corrected chi connectivity index (χ1v) is 10.4. The van der Waals surface area contributed by atoms with Gasteiger partial charge in [-0.1, -0.05) is 51.1 Å². The number of nitrogens with one attached hydrogen (secondary N) is 2. The fraction of sp³-hybridized carbons (Fsp3) is 0.391. The molecular formula is C23H25N5O2. The van der Waals surface area contributed by atoms with Crippen molar-refractivity contribution < 1.29 is 4.79 Å². The Morgan fingerprint density at radius 1 is 1.17 bits per heavy atom. The highest BCUT2D eigenvalue weighted by atomic mass is 16.1. The SMILES string of the molecule is CCc1ccc([C@H]2c3c(n4nc(C)nc4[nH]c3=O)NC3=CC(C)(C)CC(=O)[C@@H]32)cc1. The Balaban J connectivity index is 1.82. The smallest absolute Gasteiger partial charge is 0.258 e. The predicted molar refractivity (Wildman–Crippen MR) is 115 cm³/mol. The highest BCUT2D eigenvalue weighted by Crippen LogP contribution is 2.48. The summed E-state index contributed by atoms with van der Waals surface area (Å²) >= 11 is 0. The number of allylic oxidation sites excluding steroid dienone is 2. The lowest BCUT2D eigenvalue weighted by Gasteiger charge is -2.40. The summed E-state index contributed by atoms with van der Waals surface area (Å²) in [5.41, 5.74) is 3.07. The molecule has 1 aliphatic heterocycles. The molecule has 1 aliphatic carbocycles. The van der Waals surface area contributed by atoms with Crippen LogP contribution in [0.25, 0.3) is 5.78 Å². The predicted octanol–water partition coefficient (Wildman–Crippen LogP) is 3.34. The van der Waals surface area contributed by atoms with Crippen LogP contribution >= 0.6 is 0 Å². The highest BCUT2D eigenvalue weighted by molar-refractivity contribution is 5.90.